The molecule has 7 heteroatoms. The molecule has 0 atom stereocenters. The lowest BCUT2D eigenvalue weighted by atomic mass is 9.86. The number of primary sulfonamides is 1. The number of rotatable bonds is 4. The minimum absolute atomic E-state index is 0.0686. The molecule has 0 unspecified atom stereocenters. The van der Waals surface area contributed by atoms with E-state index in [1.165, 1.54) is 12.1 Å². The lowest BCUT2D eigenvalue weighted by Crippen LogP contribution is -2.51. The van der Waals surface area contributed by atoms with E-state index in [4.69, 9.17) is 10.9 Å². The minimum atomic E-state index is -3.82. The number of nitrogens with two attached hydrogens (primary N) is 2. The van der Waals surface area contributed by atoms with E-state index in [2.05, 4.69) is 5.32 Å². The molecule has 0 saturated carbocycles. The van der Waals surface area contributed by atoms with Crippen LogP contribution in [0.1, 0.15) is 27.7 Å². The van der Waals surface area contributed by atoms with Crippen molar-refractivity contribution in [2.24, 2.45) is 5.14 Å². The first-order valence-electron chi connectivity index (χ1n) is 5.77. The topological polar surface area (TPSA) is 118 Å². The molecule has 6 N–H and O–H groups in total. The van der Waals surface area contributed by atoms with Crippen molar-refractivity contribution in [3.8, 4) is 0 Å². The highest BCUT2D eigenvalue weighted by molar-refractivity contribution is 7.89. The summed E-state index contributed by atoms with van der Waals surface area (Å²) in [7, 11) is -3.82. The monoisotopic (exact) mass is 287 g/mol. The van der Waals surface area contributed by atoms with Crippen LogP contribution in [-0.2, 0) is 10.0 Å². The quantitative estimate of drug-likeness (QED) is 0.613. The first-order chi connectivity index (χ1) is 8.34. The van der Waals surface area contributed by atoms with Gasteiger partial charge in [-0.3, -0.25) is 0 Å². The van der Waals surface area contributed by atoms with Gasteiger partial charge in [0.25, 0.3) is 0 Å². The molecule has 108 valence electrons. The summed E-state index contributed by atoms with van der Waals surface area (Å²) in [5.41, 5.74) is 4.76. The van der Waals surface area contributed by atoms with Crippen LogP contribution >= 0.6 is 0 Å². The highest BCUT2D eigenvalue weighted by atomic mass is 32.2. The Morgan fingerprint density at radius 1 is 1.21 bits per heavy atom. The molecular weight excluding hydrogens is 266 g/mol. The molecule has 0 bridgehead atoms. The van der Waals surface area contributed by atoms with Crippen LogP contribution < -0.4 is 16.2 Å². The maximum Gasteiger partial charge on any atom is 0.240 e. The van der Waals surface area contributed by atoms with Crippen LogP contribution in [0.25, 0.3) is 0 Å². The summed E-state index contributed by atoms with van der Waals surface area (Å²) >= 11 is 0. The van der Waals surface area contributed by atoms with Crippen molar-refractivity contribution in [3.63, 3.8) is 0 Å². The van der Waals surface area contributed by atoms with Gasteiger partial charge < -0.3 is 16.2 Å². The van der Waals surface area contributed by atoms with Gasteiger partial charge in [0.2, 0.25) is 10.0 Å². The Hall–Kier alpha value is -1.31. The lowest BCUT2D eigenvalue weighted by molar-refractivity contribution is 0.0240. The summed E-state index contributed by atoms with van der Waals surface area (Å²) in [4.78, 5) is -0.112. The van der Waals surface area contributed by atoms with E-state index in [1.807, 2.05) is 13.8 Å². The Kier molecular flexibility index (Phi) is 3.86. The van der Waals surface area contributed by atoms with Crippen molar-refractivity contribution in [1.82, 2.24) is 0 Å². The largest absolute Gasteiger partial charge is 0.398 e. The summed E-state index contributed by atoms with van der Waals surface area (Å²) in [5, 5.41) is 18.2. The van der Waals surface area contributed by atoms with Gasteiger partial charge in [0.15, 0.2) is 0 Å². The molecule has 0 radical (unpaired) electrons. The van der Waals surface area contributed by atoms with E-state index in [9.17, 15) is 13.5 Å². The van der Waals surface area contributed by atoms with Crippen molar-refractivity contribution in [2.75, 3.05) is 11.1 Å². The van der Waals surface area contributed by atoms with Gasteiger partial charge in [-0.05, 0) is 45.9 Å². The summed E-state index contributed by atoms with van der Waals surface area (Å²) in [5.74, 6) is 0. The number of sulfonamides is 1. The summed E-state index contributed by atoms with van der Waals surface area (Å²) in [6.45, 7) is 7.03. The summed E-state index contributed by atoms with van der Waals surface area (Å²) in [6.07, 6.45) is 0. The molecule has 0 heterocycles. The van der Waals surface area contributed by atoms with Gasteiger partial charge in [-0.1, -0.05) is 0 Å². The van der Waals surface area contributed by atoms with E-state index in [0.717, 1.165) is 0 Å². The van der Waals surface area contributed by atoms with E-state index in [1.54, 1.807) is 19.9 Å². The molecule has 6 nitrogen and oxygen atoms in total. The maximum atomic E-state index is 11.2. The zero-order valence-corrected chi connectivity index (χ0v) is 12.4. The molecule has 0 amide bonds. The molecule has 1 aromatic carbocycles. The third-order valence-electron chi connectivity index (χ3n) is 3.30. The van der Waals surface area contributed by atoms with Gasteiger partial charge in [0.1, 0.15) is 4.90 Å². The molecular formula is C12H21N3O3S. The van der Waals surface area contributed by atoms with Crippen LogP contribution in [0.3, 0.4) is 0 Å². The van der Waals surface area contributed by atoms with Gasteiger partial charge >= 0.3 is 0 Å². The minimum Gasteiger partial charge on any atom is -0.398 e. The van der Waals surface area contributed by atoms with Crippen molar-refractivity contribution >= 4 is 21.4 Å². The number of nitrogen functional groups attached to an aromatic ring is 1. The van der Waals surface area contributed by atoms with E-state index < -0.39 is 21.2 Å². The van der Waals surface area contributed by atoms with Crippen LogP contribution in [0.2, 0.25) is 0 Å². The average Bonchev–Trinajstić information content (AvgIpc) is 2.12. The highest BCUT2D eigenvalue weighted by Gasteiger charge is 2.34. The third-order valence-corrected chi connectivity index (χ3v) is 4.29. The van der Waals surface area contributed by atoms with Gasteiger partial charge in [0, 0.05) is 5.69 Å². The standard InChI is InChI=1S/C12H21N3O3S/c1-11(2,12(3,4)16)15-8-5-6-10(9(13)7-8)19(14,17)18/h5-7,15-16H,13H2,1-4H3,(H2,14,17,18). The Balaban J connectivity index is 3.11. The summed E-state index contributed by atoms with van der Waals surface area (Å²) < 4.78 is 22.5. The molecule has 0 fully saturated rings. The zero-order chi connectivity index (χ0) is 15.1. The van der Waals surface area contributed by atoms with Gasteiger partial charge in [-0.15, -0.1) is 0 Å². The first kappa shape index (κ1) is 15.7. The first-order valence-corrected chi connectivity index (χ1v) is 7.32. The molecule has 1 aromatic rings. The average molecular weight is 287 g/mol. The van der Waals surface area contributed by atoms with Crippen molar-refractivity contribution < 1.29 is 13.5 Å². The van der Waals surface area contributed by atoms with Crippen LogP contribution in [0.15, 0.2) is 23.1 Å². The van der Waals surface area contributed by atoms with Crippen LogP contribution in [0.5, 0.6) is 0 Å². The summed E-state index contributed by atoms with van der Waals surface area (Å²) in [6, 6.07) is 4.38. The van der Waals surface area contributed by atoms with E-state index in [-0.39, 0.29) is 10.6 Å². The molecule has 0 aliphatic heterocycles. The zero-order valence-electron chi connectivity index (χ0n) is 11.6. The normalized spacial score (nSPS) is 13.4. The number of aliphatic hydroxyl groups is 1. The van der Waals surface area contributed by atoms with Crippen molar-refractivity contribution in [3.05, 3.63) is 18.2 Å². The van der Waals surface area contributed by atoms with E-state index in [0.29, 0.717) is 5.69 Å². The fourth-order valence-electron chi connectivity index (χ4n) is 1.40. The Morgan fingerprint density at radius 2 is 1.74 bits per heavy atom. The Morgan fingerprint density at radius 3 is 2.11 bits per heavy atom. The van der Waals surface area contributed by atoms with Crippen molar-refractivity contribution in [1.29, 1.82) is 0 Å². The Bertz CT molecular complexity index is 574. The molecule has 0 aliphatic rings. The second-order valence-corrected chi connectivity index (χ2v) is 7.14. The molecule has 0 aromatic heterocycles. The van der Waals surface area contributed by atoms with Crippen LogP contribution in [-0.4, -0.2) is 24.7 Å². The predicted octanol–water partition coefficient (Wildman–Crippen LogP) is 0.878. The maximum absolute atomic E-state index is 11.2. The van der Waals surface area contributed by atoms with Crippen LogP contribution in [0, 0.1) is 0 Å². The van der Waals surface area contributed by atoms with Gasteiger partial charge in [-0.2, -0.15) is 0 Å². The predicted molar refractivity (Wildman–Crippen MR) is 76.2 cm³/mol. The van der Waals surface area contributed by atoms with Crippen LogP contribution in [0.4, 0.5) is 11.4 Å². The molecule has 0 spiro atoms. The second-order valence-electron chi connectivity index (χ2n) is 5.61. The number of anilines is 2. The van der Waals surface area contributed by atoms with E-state index >= 15 is 0 Å². The number of hydrogen-bond acceptors (Lipinski definition) is 5. The highest BCUT2D eigenvalue weighted by Crippen LogP contribution is 2.28. The molecule has 1 rings (SSSR count). The molecule has 0 aliphatic carbocycles. The van der Waals surface area contributed by atoms with Gasteiger partial charge in [-0.25, -0.2) is 13.6 Å². The molecule has 0 saturated heterocycles. The molecule has 19 heavy (non-hydrogen) atoms. The SMILES string of the molecule is CC(C)(O)C(C)(C)Nc1ccc(S(N)(=O)=O)c(N)c1. The lowest BCUT2D eigenvalue weighted by Gasteiger charge is -2.39. The van der Waals surface area contributed by atoms with Gasteiger partial charge in [0.05, 0.1) is 16.8 Å². The van der Waals surface area contributed by atoms with Crippen molar-refractivity contribution in [2.45, 2.75) is 43.7 Å². The smallest absolute Gasteiger partial charge is 0.240 e. The second kappa shape index (κ2) is 4.66. The number of nitrogens with one attached hydrogen (secondary N) is 1. The fraction of sp³-hybridized carbons (Fsp3) is 0.500. The number of benzene rings is 1. The number of hydrogen-bond donors (Lipinski definition) is 4. The third kappa shape index (κ3) is 3.59. The Labute approximate surface area is 113 Å². The fourth-order valence-corrected chi connectivity index (χ4v) is 2.04.